The minimum absolute atomic E-state index is 0.0825. The summed E-state index contributed by atoms with van der Waals surface area (Å²) in [4.78, 5) is 21.1. The minimum Gasteiger partial charge on any atom is -0.486 e. The van der Waals surface area contributed by atoms with Gasteiger partial charge in [0.1, 0.15) is 24.7 Å². The molecule has 1 amide bonds. The highest BCUT2D eigenvalue weighted by molar-refractivity contribution is 6.24. The number of pyridine rings is 1. The first kappa shape index (κ1) is 23.0. The number of para-hydroxylation sites is 2. The highest BCUT2D eigenvalue weighted by atomic mass is 19.4. The van der Waals surface area contributed by atoms with Gasteiger partial charge in [0.25, 0.3) is 5.91 Å². The van der Waals surface area contributed by atoms with Crippen molar-refractivity contribution >= 4 is 28.6 Å². The van der Waals surface area contributed by atoms with Crippen LogP contribution in [0.25, 0.3) is 22.7 Å². The molecule has 0 aliphatic heterocycles. The number of imidazole rings is 1. The van der Waals surface area contributed by atoms with Crippen LogP contribution in [0.3, 0.4) is 0 Å². The number of hydrogen-bond donors (Lipinski definition) is 1. The molecule has 2 aromatic heterocycles. The zero-order valence-corrected chi connectivity index (χ0v) is 18.2. The first-order valence-corrected chi connectivity index (χ1v) is 10.4. The number of benzene rings is 2. The van der Waals surface area contributed by atoms with Crippen LogP contribution in [-0.2, 0) is 18.4 Å². The highest BCUT2D eigenvalue weighted by Crippen LogP contribution is 2.23. The summed E-state index contributed by atoms with van der Waals surface area (Å²) in [5.74, 6) is 0.441. The third-order valence-corrected chi connectivity index (χ3v) is 5.10. The van der Waals surface area contributed by atoms with Crippen LogP contribution in [0.5, 0.6) is 5.75 Å². The quantitative estimate of drug-likeness (QED) is 0.399. The molecule has 6 nitrogen and oxygen atoms in total. The number of ether oxygens (including phenoxy) is 1. The number of carbonyl (C=O) groups excluding carboxylic acids is 1. The molecule has 0 unspecified atom stereocenters. The third kappa shape index (κ3) is 5.61. The second kappa shape index (κ2) is 9.78. The van der Waals surface area contributed by atoms with E-state index in [2.05, 4.69) is 9.97 Å². The number of fused-ring (bicyclic) bond motifs is 1. The van der Waals surface area contributed by atoms with E-state index in [4.69, 9.17) is 4.74 Å². The monoisotopic (exact) mass is 466 g/mol. The van der Waals surface area contributed by atoms with Crippen LogP contribution in [0, 0.1) is 0 Å². The Morgan fingerprint density at radius 1 is 1.09 bits per heavy atom. The van der Waals surface area contributed by atoms with E-state index < -0.39 is 18.6 Å². The summed E-state index contributed by atoms with van der Waals surface area (Å²) in [5, 5.41) is 1.93. The Bertz CT molecular complexity index is 1310. The first-order valence-electron chi connectivity index (χ1n) is 10.4. The van der Waals surface area contributed by atoms with E-state index in [-0.39, 0.29) is 12.2 Å². The maximum atomic E-state index is 12.6. The molecule has 0 radical (unpaired) electrons. The lowest BCUT2D eigenvalue weighted by Gasteiger charge is -2.12. The van der Waals surface area contributed by atoms with Gasteiger partial charge in [0.05, 0.1) is 11.0 Å². The fourth-order valence-corrected chi connectivity index (χ4v) is 3.39. The molecular weight excluding hydrogens is 445 g/mol. The predicted octanol–water partition coefficient (Wildman–Crippen LogP) is 4.77. The van der Waals surface area contributed by atoms with Gasteiger partial charge in [-0.05, 0) is 47.5 Å². The summed E-state index contributed by atoms with van der Waals surface area (Å²) in [6.07, 6.45) is 0.0688. The number of carbonyl (C=O) groups is 1. The van der Waals surface area contributed by atoms with Crippen LogP contribution in [0.1, 0.15) is 17.0 Å². The SMILES string of the molecule is Cn1c(COc2ccc(/C(=C\c3cccnc3)C(=O)NCC(F)(F)F)cc2)nc2ccccc21. The summed E-state index contributed by atoms with van der Waals surface area (Å²) >= 11 is 0. The standard InChI is InChI=1S/C25H21F3N4O2/c1-32-22-7-3-2-6-21(22)31-23(32)15-34-19-10-8-18(9-11-19)20(13-17-5-4-12-29-14-17)24(33)30-16-25(26,27)28/h2-14H,15-16H2,1H3,(H,30,33)/b20-13+. The molecule has 4 aromatic rings. The number of nitrogens with zero attached hydrogens (tertiary/aromatic N) is 3. The molecule has 0 bridgehead atoms. The molecule has 174 valence electrons. The normalized spacial score (nSPS) is 12.1. The van der Waals surface area contributed by atoms with Gasteiger partial charge in [-0.1, -0.05) is 30.3 Å². The van der Waals surface area contributed by atoms with Gasteiger partial charge in [0.2, 0.25) is 0 Å². The van der Waals surface area contributed by atoms with Crippen molar-refractivity contribution in [2.45, 2.75) is 12.8 Å². The van der Waals surface area contributed by atoms with E-state index in [1.54, 1.807) is 42.6 Å². The lowest BCUT2D eigenvalue weighted by molar-refractivity contribution is -0.135. The van der Waals surface area contributed by atoms with Crippen molar-refractivity contribution in [3.8, 4) is 5.75 Å². The molecule has 0 saturated carbocycles. The molecule has 0 atom stereocenters. The van der Waals surface area contributed by atoms with Gasteiger partial charge in [-0.15, -0.1) is 0 Å². The number of nitrogens with one attached hydrogen (secondary N) is 1. The van der Waals surface area contributed by atoms with E-state index in [9.17, 15) is 18.0 Å². The Morgan fingerprint density at radius 2 is 1.85 bits per heavy atom. The van der Waals surface area contributed by atoms with Gasteiger partial charge in [-0.25, -0.2) is 4.98 Å². The summed E-state index contributed by atoms with van der Waals surface area (Å²) in [5.41, 5.74) is 2.97. The van der Waals surface area contributed by atoms with Crippen LogP contribution in [0.15, 0.2) is 73.1 Å². The van der Waals surface area contributed by atoms with E-state index in [0.717, 1.165) is 16.9 Å². The second-order valence-electron chi connectivity index (χ2n) is 7.53. The number of aromatic nitrogens is 3. The van der Waals surface area contributed by atoms with E-state index in [1.807, 2.05) is 41.2 Å². The fraction of sp³-hybridized carbons (Fsp3) is 0.160. The van der Waals surface area contributed by atoms with E-state index >= 15 is 0 Å². The van der Waals surface area contributed by atoms with Gasteiger partial charge < -0.3 is 14.6 Å². The Balaban J connectivity index is 1.52. The summed E-state index contributed by atoms with van der Waals surface area (Å²) in [6.45, 7) is -1.19. The molecule has 0 aliphatic rings. The zero-order valence-electron chi connectivity index (χ0n) is 18.2. The molecule has 1 N–H and O–H groups in total. The first-order chi connectivity index (χ1) is 16.3. The molecule has 0 fully saturated rings. The maximum Gasteiger partial charge on any atom is 0.405 e. The Morgan fingerprint density at radius 3 is 2.53 bits per heavy atom. The summed E-state index contributed by atoms with van der Waals surface area (Å²) < 4.78 is 45.6. The fourth-order valence-electron chi connectivity index (χ4n) is 3.39. The number of rotatable bonds is 7. The Labute approximate surface area is 193 Å². The number of alkyl halides is 3. The molecule has 0 spiro atoms. The van der Waals surface area contributed by atoms with Crippen molar-refractivity contribution in [2.24, 2.45) is 7.05 Å². The Kier molecular flexibility index (Phi) is 6.62. The van der Waals surface area contributed by atoms with Crippen molar-refractivity contribution in [2.75, 3.05) is 6.54 Å². The van der Waals surface area contributed by atoms with Gasteiger partial charge in [-0.3, -0.25) is 9.78 Å². The number of amides is 1. The van der Waals surface area contributed by atoms with Crippen molar-refractivity contribution in [3.05, 3.63) is 90.0 Å². The Hall–Kier alpha value is -4.14. The smallest absolute Gasteiger partial charge is 0.405 e. The molecule has 4 rings (SSSR count). The zero-order chi connectivity index (χ0) is 24.1. The largest absolute Gasteiger partial charge is 0.486 e. The average molecular weight is 466 g/mol. The number of aryl methyl sites for hydroxylation is 1. The molecule has 0 aliphatic carbocycles. The van der Waals surface area contributed by atoms with Gasteiger partial charge >= 0.3 is 6.18 Å². The van der Waals surface area contributed by atoms with Crippen molar-refractivity contribution in [1.29, 1.82) is 0 Å². The second-order valence-corrected chi connectivity index (χ2v) is 7.53. The van der Waals surface area contributed by atoms with Gasteiger partial charge in [0.15, 0.2) is 0 Å². The van der Waals surface area contributed by atoms with Crippen LogP contribution in [0.2, 0.25) is 0 Å². The molecule has 34 heavy (non-hydrogen) atoms. The summed E-state index contributed by atoms with van der Waals surface area (Å²) in [7, 11) is 1.91. The lowest BCUT2D eigenvalue weighted by atomic mass is 10.0. The van der Waals surface area contributed by atoms with Crippen LogP contribution >= 0.6 is 0 Å². The van der Waals surface area contributed by atoms with E-state index in [1.165, 1.54) is 12.3 Å². The lowest BCUT2D eigenvalue weighted by Crippen LogP contribution is -2.34. The van der Waals surface area contributed by atoms with Gasteiger partial charge in [0, 0.05) is 25.0 Å². The predicted molar refractivity (Wildman–Crippen MR) is 123 cm³/mol. The van der Waals surface area contributed by atoms with Crippen molar-refractivity contribution in [3.63, 3.8) is 0 Å². The van der Waals surface area contributed by atoms with Crippen molar-refractivity contribution < 1.29 is 22.7 Å². The molecular formula is C25H21F3N4O2. The number of hydrogen-bond acceptors (Lipinski definition) is 4. The van der Waals surface area contributed by atoms with Crippen LogP contribution in [-0.4, -0.2) is 33.2 Å². The maximum absolute atomic E-state index is 12.6. The van der Waals surface area contributed by atoms with Gasteiger partial charge in [-0.2, -0.15) is 13.2 Å². The molecule has 2 heterocycles. The van der Waals surface area contributed by atoms with Crippen LogP contribution in [0.4, 0.5) is 13.2 Å². The third-order valence-electron chi connectivity index (χ3n) is 5.10. The molecule has 9 heteroatoms. The molecule has 0 saturated heterocycles. The average Bonchev–Trinajstić information content (AvgIpc) is 3.16. The minimum atomic E-state index is -4.51. The summed E-state index contributed by atoms with van der Waals surface area (Å²) in [6, 6.07) is 17.7. The van der Waals surface area contributed by atoms with E-state index in [0.29, 0.717) is 16.9 Å². The number of halogens is 3. The van der Waals surface area contributed by atoms with Crippen LogP contribution < -0.4 is 10.1 Å². The topological polar surface area (TPSA) is 69.0 Å². The van der Waals surface area contributed by atoms with Crippen molar-refractivity contribution in [1.82, 2.24) is 19.9 Å². The highest BCUT2D eigenvalue weighted by Gasteiger charge is 2.28. The molecule has 2 aromatic carbocycles.